The second-order valence-electron chi connectivity index (χ2n) is 7.66. The van der Waals surface area contributed by atoms with Gasteiger partial charge in [0.15, 0.2) is 5.69 Å². The number of anilines is 1. The van der Waals surface area contributed by atoms with Crippen molar-refractivity contribution in [3.05, 3.63) is 47.8 Å². The van der Waals surface area contributed by atoms with Crippen LogP contribution in [0.3, 0.4) is 0 Å². The van der Waals surface area contributed by atoms with E-state index in [-0.39, 0.29) is 11.8 Å². The van der Waals surface area contributed by atoms with E-state index in [4.69, 9.17) is 0 Å². The molecule has 0 spiro atoms. The van der Waals surface area contributed by atoms with E-state index in [1.165, 1.54) is 0 Å². The quantitative estimate of drug-likeness (QED) is 0.879. The Labute approximate surface area is 160 Å². The van der Waals surface area contributed by atoms with Crippen molar-refractivity contribution in [2.24, 2.45) is 5.92 Å². The van der Waals surface area contributed by atoms with E-state index in [0.29, 0.717) is 24.0 Å². The number of aromatic nitrogens is 2. The van der Waals surface area contributed by atoms with Crippen LogP contribution < -0.4 is 4.90 Å². The lowest BCUT2D eigenvalue weighted by Gasteiger charge is -2.32. The molecule has 2 amide bonds. The van der Waals surface area contributed by atoms with Gasteiger partial charge in [0.25, 0.3) is 5.91 Å². The first-order valence-corrected chi connectivity index (χ1v) is 9.62. The van der Waals surface area contributed by atoms with E-state index >= 15 is 0 Å². The van der Waals surface area contributed by atoms with Crippen LogP contribution in [0.25, 0.3) is 0 Å². The van der Waals surface area contributed by atoms with Crippen LogP contribution in [0.1, 0.15) is 55.2 Å². The zero-order valence-corrected chi connectivity index (χ0v) is 16.3. The molecule has 1 N–H and O–H groups in total. The molecule has 0 bridgehead atoms. The number of nitrogens with one attached hydrogen (secondary N) is 1. The van der Waals surface area contributed by atoms with Crippen LogP contribution in [-0.4, -0.2) is 47.0 Å². The number of H-pyrrole nitrogens is 1. The molecule has 6 heteroatoms. The second-order valence-corrected chi connectivity index (χ2v) is 7.66. The zero-order chi connectivity index (χ0) is 19.4. The number of carbonyl (C=O) groups is 2. The first-order chi connectivity index (χ1) is 13.0. The van der Waals surface area contributed by atoms with Gasteiger partial charge in [-0.25, -0.2) is 0 Å². The molecule has 0 saturated carbocycles. The average molecular weight is 368 g/mol. The summed E-state index contributed by atoms with van der Waals surface area (Å²) in [6.45, 7) is 5.67. The van der Waals surface area contributed by atoms with Crippen molar-refractivity contribution in [3.63, 3.8) is 0 Å². The molecule has 1 aromatic heterocycles. The molecule has 144 valence electrons. The normalized spacial score (nSPS) is 15.2. The molecule has 2 heterocycles. The highest BCUT2D eigenvalue weighted by Crippen LogP contribution is 2.28. The van der Waals surface area contributed by atoms with Crippen LogP contribution in [0.5, 0.6) is 0 Å². The molecule has 0 radical (unpaired) electrons. The Morgan fingerprint density at radius 3 is 2.52 bits per heavy atom. The van der Waals surface area contributed by atoms with Crippen molar-refractivity contribution in [2.45, 2.75) is 39.0 Å². The summed E-state index contributed by atoms with van der Waals surface area (Å²) >= 11 is 0. The van der Waals surface area contributed by atoms with Crippen LogP contribution in [0.2, 0.25) is 0 Å². The minimum Gasteiger partial charge on any atom is -0.343 e. The van der Waals surface area contributed by atoms with Crippen molar-refractivity contribution in [1.29, 1.82) is 0 Å². The Morgan fingerprint density at radius 1 is 1.22 bits per heavy atom. The minimum atomic E-state index is -0.131. The van der Waals surface area contributed by atoms with Gasteiger partial charge in [0.05, 0.1) is 0 Å². The van der Waals surface area contributed by atoms with Gasteiger partial charge < -0.3 is 9.80 Å². The monoisotopic (exact) mass is 368 g/mol. The van der Waals surface area contributed by atoms with Crippen molar-refractivity contribution >= 4 is 17.5 Å². The Balaban J connectivity index is 1.60. The van der Waals surface area contributed by atoms with E-state index in [9.17, 15) is 9.59 Å². The van der Waals surface area contributed by atoms with Crippen molar-refractivity contribution < 1.29 is 9.59 Å². The molecule has 6 nitrogen and oxygen atoms in total. The maximum absolute atomic E-state index is 12.7. The lowest BCUT2D eigenvalue weighted by Crippen LogP contribution is -2.38. The lowest BCUT2D eigenvalue weighted by atomic mass is 9.93. The van der Waals surface area contributed by atoms with Gasteiger partial charge >= 0.3 is 0 Å². The van der Waals surface area contributed by atoms with Gasteiger partial charge in [0, 0.05) is 43.9 Å². The van der Waals surface area contributed by atoms with Gasteiger partial charge in [0.1, 0.15) is 0 Å². The van der Waals surface area contributed by atoms with E-state index in [1.54, 1.807) is 11.9 Å². The second kappa shape index (κ2) is 8.37. The molecule has 3 rings (SSSR count). The summed E-state index contributed by atoms with van der Waals surface area (Å²) in [5.74, 6) is 0.809. The molecule has 27 heavy (non-hydrogen) atoms. The first-order valence-electron chi connectivity index (χ1n) is 9.62. The summed E-state index contributed by atoms with van der Waals surface area (Å²) in [6, 6.07) is 11.4. The highest BCUT2D eigenvalue weighted by atomic mass is 16.2. The Bertz CT molecular complexity index is 776. The van der Waals surface area contributed by atoms with Crippen LogP contribution in [-0.2, 0) is 4.79 Å². The molecule has 1 saturated heterocycles. The molecular formula is C21H28N4O2. The highest BCUT2D eigenvalue weighted by Gasteiger charge is 2.26. The van der Waals surface area contributed by atoms with Crippen LogP contribution >= 0.6 is 0 Å². The number of nitrogens with zero attached hydrogens (tertiary/aromatic N) is 3. The van der Waals surface area contributed by atoms with Gasteiger partial charge in [-0.2, -0.15) is 5.10 Å². The SMILES string of the molecule is CC(C)CC(=O)N1CCC(c2cc(C(=O)N(C)c3ccccc3)n[nH]2)CC1. The van der Waals surface area contributed by atoms with Crippen LogP contribution in [0.15, 0.2) is 36.4 Å². The standard InChI is InChI=1S/C21H28N4O2/c1-15(2)13-20(26)25-11-9-16(10-12-25)18-14-19(23-22-18)21(27)24(3)17-7-5-4-6-8-17/h4-8,14-16H,9-13H2,1-3H3,(H,22,23). The van der Waals surface area contributed by atoms with Crippen molar-refractivity contribution in [2.75, 3.05) is 25.0 Å². The minimum absolute atomic E-state index is 0.131. The van der Waals surface area contributed by atoms with Crippen molar-refractivity contribution in [1.82, 2.24) is 15.1 Å². The number of hydrogen-bond donors (Lipinski definition) is 1. The molecule has 0 unspecified atom stereocenters. The summed E-state index contributed by atoms with van der Waals surface area (Å²) in [5.41, 5.74) is 2.24. The fraction of sp³-hybridized carbons (Fsp3) is 0.476. The molecule has 2 aromatic rings. The first kappa shape index (κ1) is 19.1. The third kappa shape index (κ3) is 4.56. The van der Waals surface area contributed by atoms with Crippen LogP contribution in [0.4, 0.5) is 5.69 Å². The van der Waals surface area contributed by atoms with Crippen LogP contribution in [0, 0.1) is 5.92 Å². The predicted octanol–water partition coefficient (Wildman–Crippen LogP) is 3.44. The Morgan fingerprint density at radius 2 is 1.89 bits per heavy atom. The number of hydrogen-bond acceptors (Lipinski definition) is 3. The number of para-hydroxylation sites is 1. The average Bonchev–Trinajstić information content (AvgIpc) is 3.17. The smallest absolute Gasteiger partial charge is 0.278 e. The maximum Gasteiger partial charge on any atom is 0.278 e. The van der Waals surface area contributed by atoms with E-state index in [1.807, 2.05) is 41.3 Å². The summed E-state index contributed by atoms with van der Waals surface area (Å²) in [4.78, 5) is 28.5. The summed E-state index contributed by atoms with van der Waals surface area (Å²) < 4.78 is 0. The van der Waals surface area contributed by atoms with Gasteiger partial charge in [-0.05, 0) is 37.0 Å². The van der Waals surface area contributed by atoms with E-state index < -0.39 is 0 Å². The van der Waals surface area contributed by atoms with Gasteiger partial charge in [-0.3, -0.25) is 14.7 Å². The number of likely N-dealkylation sites (tertiary alicyclic amines) is 1. The van der Waals surface area contributed by atoms with Gasteiger partial charge in [0.2, 0.25) is 5.91 Å². The molecule has 1 aromatic carbocycles. The Hall–Kier alpha value is -2.63. The zero-order valence-electron chi connectivity index (χ0n) is 16.3. The van der Waals surface area contributed by atoms with E-state index in [2.05, 4.69) is 24.0 Å². The molecule has 1 aliphatic heterocycles. The number of carbonyl (C=O) groups excluding carboxylic acids is 2. The molecule has 1 fully saturated rings. The summed E-state index contributed by atoms with van der Waals surface area (Å²) in [6.07, 6.45) is 2.40. The number of aromatic amines is 1. The van der Waals surface area contributed by atoms with Crippen molar-refractivity contribution in [3.8, 4) is 0 Å². The Kier molecular flexibility index (Phi) is 5.94. The molecule has 0 aliphatic carbocycles. The van der Waals surface area contributed by atoms with Gasteiger partial charge in [-0.15, -0.1) is 0 Å². The highest BCUT2D eigenvalue weighted by molar-refractivity contribution is 6.04. The lowest BCUT2D eigenvalue weighted by molar-refractivity contribution is -0.133. The third-order valence-electron chi connectivity index (χ3n) is 5.14. The third-order valence-corrected chi connectivity index (χ3v) is 5.14. The summed E-state index contributed by atoms with van der Waals surface area (Å²) in [7, 11) is 1.75. The largest absolute Gasteiger partial charge is 0.343 e. The fourth-order valence-corrected chi connectivity index (χ4v) is 3.51. The topological polar surface area (TPSA) is 69.3 Å². The number of piperidine rings is 1. The fourth-order valence-electron chi connectivity index (χ4n) is 3.51. The number of amides is 2. The number of benzene rings is 1. The maximum atomic E-state index is 12.7. The predicted molar refractivity (Wildman–Crippen MR) is 106 cm³/mol. The molecule has 1 aliphatic rings. The van der Waals surface area contributed by atoms with Gasteiger partial charge in [-0.1, -0.05) is 32.0 Å². The molecule has 0 atom stereocenters. The van der Waals surface area contributed by atoms with E-state index in [0.717, 1.165) is 37.3 Å². The number of rotatable bonds is 5. The molecular weight excluding hydrogens is 340 g/mol. The summed E-state index contributed by atoms with van der Waals surface area (Å²) in [5, 5.41) is 7.27.